The molecule has 0 heterocycles. The molecular weight excluding hydrogens is 134 g/mol. The molecule has 0 aliphatic rings. The van der Waals surface area contributed by atoms with Gasteiger partial charge in [0.2, 0.25) is 5.92 Å². The smallest absolute Gasteiger partial charge is 0.207 e. The van der Waals surface area contributed by atoms with E-state index in [0.29, 0.717) is 0 Å². The fourth-order valence-electron chi connectivity index (χ4n) is 0.760. The van der Waals surface area contributed by atoms with Crippen molar-refractivity contribution in [2.24, 2.45) is 11.3 Å². The van der Waals surface area contributed by atoms with Gasteiger partial charge >= 0.3 is 0 Å². The van der Waals surface area contributed by atoms with E-state index in [1.807, 2.05) is 20.8 Å². The molecule has 1 atom stereocenters. The van der Waals surface area contributed by atoms with E-state index in [0.717, 1.165) is 6.92 Å². The summed E-state index contributed by atoms with van der Waals surface area (Å²) in [5.41, 5.74) is -0.307. The summed E-state index contributed by atoms with van der Waals surface area (Å²) in [6.07, 6.45) is 0. The first kappa shape index (κ1) is 9.86. The second-order valence-corrected chi connectivity index (χ2v) is 4.04. The number of hydrogen-bond donors (Lipinski definition) is 0. The molecule has 0 saturated heterocycles. The highest BCUT2D eigenvalue weighted by Gasteiger charge is 2.38. The van der Waals surface area contributed by atoms with Crippen molar-refractivity contribution in [2.45, 2.75) is 40.5 Å². The maximum Gasteiger partial charge on any atom is 0.248 e. The standard InChI is InChI=1S/C8H16F2/c1-6(7(2,3)4)8(5,9)10/h6H,1-5H3/t6-/m0/s1. The van der Waals surface area contributed by atoms with Crippen LogP contribution in [0.15, 0.2) is 0 Å². The van der Waals surface area contributed by atoms with Gasteiger partial charge in [0.05, 0.1) is 0 Å². The topological polar surface area (TPSA) is 0 Å². The van der Waals surface area contributed by atoms with Crippen LogP contribution in [0.2, 0.25) is 0 Å². The van der Waals surface area contributed by atoms with Crippen molar-refractivity contribution in [3.63, 3.8) is 0 Å². The third kappa shape index (κ3) is 2.63. The molecule has 0 fully saturated rings. The Balaban J connectivity index is 4.23. The molecule has 0 spiro atoms. The third-order valence-electron chi connectivity index (χ3n) is 2.06. The first-order valence-corrected chi connectivity index (χ1v) is 3.53. The van der Waals surface area contributed by atoms with Gasteiger partial charge in [0, 0.05) is 5.92 Å². The summed E-state index contributed by atoms with van der Waals surface area (Å²) in [7, 11) is 0. The Kier molecular flexibility index (Phi) is 2.44. The van der Waals surface area contributed by atoms with Gasteiger partial charge in [0.15, 0.2) is 0 Å². The molecule has 0 rings (SSSR count). The van der Waals surface area contributed by atoms with Gasteiger partial charge in [-0.25, -0.2) is 8.78 Å². The minimum absolute atomic E-state index is 0.307. The van der Waals surface area contributed by atoms with Crippen LogP contribution in [0.5, 0.6) is 0 Å². The second-order valence-electron chi connectivity index (χ2n) is 4.04. The Morgan fingerprint density at radius 1 is 1.00 bits per heavy atom. The van der Waals surface area contributed by atoms with E-state index in [1.54, 1.807) is 6.92 Å². The van der Waals surface area contributed by atoms with Crippen molar-refractivity contribution >= 4 is 0 Å². The summed E-state index contributed by atoms with van der Waals surface area (Å²) in [5, 5.41) is 0. The van der Waals surface area contributed by atoms with Gasteiger partial charge in [-0.3, -0.25) is 0 Å². The van der Waals surface area contributed by atoms with Crippen LogP contribution in [0, 0.1) is 11.3 Å². The van der Waals surface area contributed by atoms with E-state index < -0.39 is 11.8 Å². The lowest BCUT2D eigenvalue weighted by atomic mass is 9.79. The fourth-order valence-corrected chi connectivity index (χ4v) is 0.760. The van der Waals surface area contributed by atoms with Crippen LogP contribution in [0.3, 0.4) is 0 Å². The Hall–Kier alpha value is -0.140. The lowest BCUT2D eigenvalue weighted by molar-refractivity contribution is -0.0730. The number of hydrogen-bond acceptors (Lipinski definition) is 0. The molecule has 10 heavy (non-hydrogen) atoms. The third-order valence-corrected chi connectivity index (χ3v) is 2.06. The lowest BCUT2D eigenvalue weighted by Gasteiger charge is -2.31. The molecular formula is C8H16F2. The Bertz CT molecular complexity index is 91.4. The van der Waals surface area contributed by atoms with Gasteiger partial charge in [0.25, 0.3) is 0 Å². The van der Waals surface area contributed by atoms with E-state index in [2.05, 4.69) is 0 Å². The van der Waals surface area contributed by atoms with E-state index >= 15 is 0 Å². The normalized spacial score (nSPS) is 17.1. The number of halogens is 2. The fraction of sp³-hybridized carbons (Fsp3) is 1.00. The first-order valence-electron chi connectivity index (χ1n) is 3.53. The summed E-state index contributed by atoms with van der Waals surface area (Å²) in [6, 6.07) is 0. The summed E-state index contributed by atoms with van der Waals surface area (Å²) in [4.78, 5) is 0. The number of alkyl halides is 2. The van der Waals surface area contributed by atoms with Crippen molar-refractivity contribution in [1.29, 1.82) is 0 Å². The summed E-state index contributed by atoms with van der Waals surface area (Å²) < 4.78 is 25.2. The predicted octanol–water partition coefficient (Wildman–Crippen LogP) is 3.32. The van der Waals surface area contributed by atoms with Crippen LogP contribution in [-0.4, -0.2) is 5.92 Å². The minimum Gasteiger partial charge on any atom is -0.207 e. The zero-order chi connectivity index (χ0) is 8.58. The van der Waals surface area contributed by atoms with Gasteiger partial charge in [-0.05, 0) is 12.3 Å². The molecule has 0 aromatic heterocycles. The highest BCUT2D eigenvalue weighted by Crippen LogP contribution is 2.37. The number of rotatable bonds is 1. The molecule has 2 heteroatoms. The average Bonchev–Trinajstić information content (AvgIpc) is 1.59. The predicted molar refractivity (Wildman–Crippen MR) is 39.2 cm³/mol. The lowest BCUT2D eigenvalue weighted by Crippen LogP contribution is -2.32. The largest absolute Gasteiger partial charge is 0.248 e. The molecule has 0 aromatic carbocycles. The van der Waals surface area contributed by atoms with E-state index in [9.17, 15) is 8.78 Å². The SMILES string of the molecule is C[C@@H](C(C)(C)C)C(C)(F)F. The molecule has 0 aliphatic heterocycles. The monoisotopic (exact) mass is 150 g/mol. The van der Waals surface area contributed by atoms with Gasteiger partial charge < -0.3 is 0 Å². The Morgan fingerprint density at radius 3 is 1.30 bits per heavy atom. The summed E-state index contributed by atoms with van der Waals surface area (Å²) in [5.74, 6) is -3.13. The highest BCUT2D eigenvalue weighted by molar-refractivity contribution is 4.79. The Morgan fingerprint density at radius 2 is 1.30 bits per heavy atom. The average molecular weight is 150 g/mol. The van der Waals surface area contributed by atoms with Gasteiger partial charge in [0.1, 0.15) is 0 Å². The van der Waals surface area contributed by atoms with Crippen molar-refractivity contribution in [1.82, 2.24) is 0 Å². The van der Waals surface area contributed by atoms with Crippen molar-refractivity contribution < 1.29 is 8.78 Å². The van der Waals surface area contributed by atoms with Gasteiger partial charge in [-0.15, -0.1) is 0 Å². The van der Waals surface area contributed by atoms with Gasteiger partial charge in [-0.1, -0.05) is 27.7 Å². The zero-order valence-corrected chi connectivity index (χ0v) is 7.33. The minimum atomic E-state index is -2.56. The quantitative estimate of drug-likeness (QED) is 0.538. The molecule has 0 saturated carbocycles. The molecule has 0 nitrogen and oxygen atoms in total. The van der Waals surface area contributed by atoms with E-state index in [4.69, 9.17) is 0 Å². The maximum absolute atomic E-state index is 12.6. The Labute approximate surface area is 61.6 Å². The molecule has 0 unspecified atom stereocenters. The molecule has 0 radical (unpaired) electrons. The van der Waals surface area contributed by atoms with Crippen LogP contribution >= 0.6 is 0 Å². The van der Waals surface area contributed by atoms with Crippen molar-refractivity contribution in [2.75, 3.05) is 0 Å². The summed E-state index contributed by atoms with van der Waals surface area (Å²) in [6.45, 7) is 8.04. The maximum atomic E-state index is 12.6. The van der Waals surface area contributed by atoms with Crippen LogP contribution in [0.4, 0.5) is 8.78 Å². The first-order chi connectivity index (χ1) is 4.15. The van der Waals surface area contributed by atoms with Gasteiger partial charge in [-0.2, -0.15) is 0 Å². The zero-order valence-electron chi connectivity index (χ0n) is 7.33. The van der Waals surface area contributed by atoms with Crippen LogP contribution in [0.1, 0.15) is 34.6 Å². The molecule has 0 bridgehead atoms. The molecule has 0 amide bonds. The summed E-state index contributed by atoms with van der Waals surface area (Å²) >= 11 is 0. The molecule has 0 aromatic rings. The van der Waals surface area contributed by atoms with Crippen molar-refractivity contribution in [3.05, 3.63) is 0 Å². The van der Waals surface area contributed by atoms with Crippen molar-refractivity contribution in [3.8, 4) is 0 Å². The second kappa shape index (κ2) is 2.48. The molecule has 62 valence electrons. The van der Waals surface area contributed by atoms with E-state index in [1.165, 1.54) is 0 Å². The van der Waals surface area contributed by atoms with E-state index in [-0.39, 0.29) is 5.41 Å². The van der Waals surface area contributed by atoms with Crippen LogP contribution in [0.25, 0.3) is 0 Å². The van der Waals surface area contributed by atoms with Crippen LogP contribution in [-0.2, 0) is 0 Å². The van der Waals surface area contributed by atoms with Crippen LogP contribution < -0.4 is 0 Å². The highest BCUT2D eigenvalue weighted by atomic mass is 19.3. The molecule has 0 N–H and O–H groups in total. The molecule has 0 aliphatic carbocycles.